The number of pyridine rings is 1. The average molecular weight is 526 g/mol. The molecule has 0 radical (unpaired) electrons. The summed E-state index contributed by atoms with van der Waals surface area (Å²) >= 11 is 5.82. The van der Waals surface area contributed by atoms with E-state index in [1.165, 1.54) is 0 Å². The Kier molecular flexibility index (Phi) is 7.42. The highest BCUT2D eigenvalue weighted by molar-refractivity contribution is 7.80. The molecule has 5 rings (SSSR count). The number of rotatable bonds is 8. The van der Waals surface area contributed by atoms with Crippen LogP contribution in [0.25, 0.3) is 5.69 Å². The first-order valence-electron chi connectivity index (χ1n) is 12.6. The monoisotopic (exact) mass is 525 g/mol. The minimum absolute atomic E-state index is 0.0547. The molecule has 0 unspecified atom stereocenters. The van der Waals surface area contributed by atoms with Crippen LogP contribution in [0.2, 0.25) is 0 Å². The summed E-state index contributed by atoms with van der Waals surface area (Å²) < 4.78 is 7.70. The lowest BCUT2D eigenvalue weighted by atomic mass is 9.96. The lowest BCUT2D eigenvalue weighted by Gasteiger charge is -2.28. The van der Waals surface area contributed by atoms with Gasteiger partial charge < -0.3 is 24.8 Å². The number of anilines is 1. The molecular weight excluding hydrogens is 494 g/mol. The normalized spacial score (nSPS) is 16.8. The Morgan fingerprint density at radius 2 is 1.84 bits per heavy atom. The Hall–Kier alpha value is -4.17. The zero-order valence-corrected chi connectivity index (χ0v) is 22.5. The first-order chi connectivity index (χ1) is 18.5. The van der Waals surface area contributed by atoms with Crippen LogP contribution < -0.4 is 15.4 Å². The largest absolute Gasteiger partial charge is 0.497 e. The van der Waals surface area contributed by atoms with Gasteiger partial charge in [-0.2, -0.15) is 0 Å². The minimum Gasteiger partial charge on any atom is -0.497 e. The third-order valence-corrected chi connectivity index (χ3v) is 7.29. The van der Waals surface area contributed by atoms with Crippen LogP contribution in [0.3, 0.4) is 0 Å². The van der Waals surface area contributed by atoms with Crippen molar-refractivity contribution in [3.05, 3.63) is 108 Å². The molecule has 7 nitrogen and oxygen atoms in total. The van der Waals surface area contributed by atoms with Gasteiger partial charge in [0.05, 0.1) is 24.9 Å². The number of aromatic nitrogens is 2. The van der Waals surface area contributed by atoms with Crippen molar-refractivity contribution in [1.82, 2.24) is 19.8 Å². The number of carbonyl (C=O) groups excluding carboxylic acids is 1. The van der Waals surface area contributed by atoms with Gasteiger partial charge in [0.2, 0.25) is 5.91 Å². The quantitative estimate of drug-likeness (QED) is 0.296. The Labute approximate surface area is 228 Å². The highest BCUT2D eigenvalue weighted by Crippen LogP contribution is 2.41. The lowest BCUT2D eigenvalue weighted by Crippen LogP contribution is -2.32. The van der Waals surface area contributed by atoms with Gasteiger partial charge in [-0.15, -0.1) is 0 Å². The second-order valence-corrected chi connectivity index (χ2v) is 9.73. The van der Waals surface area contributed by atoms with E-state index in [0.29, 0.717) is 18.1 Å². The van der Waals surface area contributed by atoms with Gasteiger partial charge in [-0.1, -0.05) is 30.3 Å². The van der Waals surface area contributed by atoms with Crippen LogP contribution in [0.4, 0.5) is 5.69 Å². The van der Waals surface area contributed by atoms with E-state index in [0.717, 1.165) is 39.8 Å². The molecule has 0 saturated carbocycles. The fraction of sp³-hybridized carbons (Fsp3) is 0.233. The molecule has 38 heavy (non-hydrogen) atoms. The molecular formula is C30H31N5O2S. The molecule has 2 N–H and O–H groups in total. The average Bonchev–Trinajstić information content (AvgIpc) is 3.42. The summed E-state index contributed by atoms with van der Waals surface area (Å²) in [4.78, 5) is 19.6. The van der Waals surface area contributed by atoms with E-state index in [4.69, 9.17) is 17.0 Å². The van der Waals surface area contributed by atoms with Crippen LogP contribution in [0, 0.1) is 13.8 Å². The first-order valence-corrected chi connectivity index (χ1v) is 13.0. The van der Waals surface area contributed by atoms with Crippen molar-refractivity contribution in [1.29, 1.82) is 0 Å². The maximum Gasteiger partial charge on any atom is 0.226 e. The van der Waals surface area contributed by atoms with E-state index in [-0.39, 0.29) is 18.0 Å². The Morgan fingerprint density at radius 3 is 2.58 bits per heavy atom. The van der Waals surface area contributed by atoms with E-state index < -0.39 is 0 Å². The number of aryl methyl sites for hydroxylation is 1. The van der Waals surface area contributed by atoms with Crippen molar-refractivity contribution in [2.24, 2.45) is 0 Å². The highest BCUT2D eigenvalue weighted by atomic mass is 32.1. The van der Waals surface area contributed by atoms with Crippen molar-refractivity contribution < 1.29 is 9.53 Å². The molecule has 2 atom stereocenters. The number of nitrogens with one attached hydrogen (secondary N) is 2. The third kappa shape index (κ3) is 5.13. The number of benzene rings is 2. The maximum absolute atomic E-state index is 12.8. The molecule has 0 spiro atoms. The molecule has 3 heterocycles. The number of carbonyl (C=O) groups is 1. The standard InChI is InChI=1S/C30H31N5O2S/c1-20-18-25(21(2)35(20)23-12-9-13-24(19-23)37-3)29-28(26-14-7-8-16-31-26)33-30(38)34(29)17-15-27(36)32-22-10-5-4-6-11-22/h4-14,16,18-19,28-29H,15,17H2,1-3H3,(H,32,36)(H,33,38)/t28-,29+/m1/s1. The van der Waals surface area contributed by atoms with Gasteiger partial charge in [-0.3, -0.25) is 9.78 Å². The zero-order chi connectivity index (χ0) is 26.6. The summed E-state index contributed by atoms with van der Waals surface area (Å²) in [6.45, 7) is 4.70. The number of para-hydroxylation sites is 1. The minimum atomic E-state index is -0.153. The summed E-state index contributed by atoms with van der Waals surface area (Å²) in [6, 6.07) is 25.4. The molecule has 1 aliphatic heterocycles. The number of thiocarbonyl (C=S) groups is 1. The predicted octanol–water partition coefficient (Wildman–Crippen LogP) is 5.50. The van der Waals surface area contributed by atoms with E-state index >= 15 is 0 Å². The molecule has 1 saturated heterocycles. The second-order valence-electron chi connectivity index (χ2n) is 9.35. The van der Waals surface area contributed by atoms with Crippen LogP contribution in [0.1, 0.15) is 41.1 Å². The van der Waals surface area contributed by atoms with E-state index in [1.807, 2.05) is 66.7 Å². The number of amides is 1. The number of nitrogens with zero attached hydrogens (tertiary/aromatic N) is 3. The molecule has 2 aromatic carbocycles. The Bertz CT molecular complexity index is 1440. The topological polar surface area (TPSA) is 71.4 Å². The fourth-order valence-corrected chi connectivity index (χ4v) is 5.52. The van der Waals surface area contributed by atoms with Crippen molar-refractivity contribution in [3.63, 3.8) is 0 Å². The lowest BCUT2D eigenvalue weighted by molar-refractivity contribution is -0.116. The van der Waals surface area contributed by atoms with Crippen LogP contribution in [0.5, 0.6) is 5.75 Å². The Morgan fingerprint density at radius 1 is 1.05 bits per heavy atom. The first kappa shape index (κ1) is 25.5. The maximum atomic E-state index is 12.8. The highest BCUT2D eigenvalue weighted by Gasteiger charge is 2.41. The summed E-state index contributed by atoms with van der Waals surface area (Å²) in [5, 5.41) is 7.08. The van der Waals surface area contributed by atoms with Crippen LogP contribution in [-0.2, 0) is 4.79 Å². The number of hydrogen-bond donors (Lipinski definition) is 2. The van der Waals surface area contributed by atoms with E-state index in [9.17, 15) is 4.79 Å². The molecule has 1 amide bonds. The molecule has 0 aliphatic carbocycles. The van der Waals surface area contributed by atoms with Crippen molar-refractivity contribution in [2.75, 3.05) is 19.0 Å². The number of hydrogen-bond acceptors (Lipinski definition) is 4. The molecule has 8 heteroatoms. The van der Waals surface area contributed by atoms with E-state index in [2.05, 4.69) is 51.1 Å². The summed E-state index contributed by atoms with van der Waals surface area (Å²) in [6.07, 6.45) is 2.10. The van der Waals surface area contributed by atoms with Gasteiger partial charge in [0, 0.05) is 48.0 Å². The SMILES string of the molecule is COc1cccc(-n2c(C)cc([C@H]3[C@@H](c4ccccn4)NC(=S)N3CCC(=O)Nc3ccccc3)c2C)c1. The van der Waals surface area contributed by atoms with Crippen LogP contribution >= 0.6 is 12.2 Å². The van der Waals surface area contributed by atoms with Gasteiger partial charge in [0.1, 0.15) is 5.75 Å². The second kappa shape index (κ2) is 11.1. The number of ether oxygens (including phenoxy) is 1. The zero-order valence-electron chi connectivity index (χ0n) is 21.7. The van der Waals surface area contributed by atoms with Gasteiger partial charge in [0.25, 0.3) is 0 Å². The van der Waals surface area contributed by atoms with Crippen molar-refractivity contribution in [2.45, 2.75) is 32.4 Å². The third-order valence-electron chi connectivity index (χ3n) is 6.94. The fourth-order valence-electron chi connectivity index (χ4n) is 5.19. The number of methoxy groups -OCH3 is 1. The molecule has 2 aromatic heterocycles. The Balaban J connectivity index is 1.48. The predicted molar refractivity (Wildman–Crippen MR) is 154 cm³/mol. The van der Waals surface area contributed by atoms with Gasteiger partial charge in [0.15, 0.2) is 5.11 Å². The van der Waals surface area contributed by atoms with Gasteiger partial charge >= 0.3 is 0 Å². The molecule has 0 bridgehead atoms. The summed E-state index contributed by atoms with van der Waals surface area (Å²) in [5.41, 5.74) is 6.06. The summed E-state index contributed by atoms with van der Waals surface area (Å²) in [5.74, 6) is 0.749. The van der Waals surface area contributed by atoms with Gasteiger partial charge in [-0.25, -0.2) is 0 Å². The molecule has 1 fully saturated rings. The summed E-state index contributed by atoms with van der Waals surface area (Å²) in [7, 11) is 1.67. The van der Waals surface area contributed by atoms with Crippen LogP contribution in [0.15, 0.2) is 85.1 Å². The van der Waals surface area contributed by atoms with Crippen molar-refractivity contribution in [3.8, 4) is 11.4 Å². The van der Waals surface area contributed by atoms with Crippen molar-refractivity contribution >= 4 is 28.9 Å². The molecule has 4 aromatic rings. The van der Waals surface area contributed by atoms with E-state index in [1.54, 1.807) is 13.3 Å². The smallest absolute Gasteiger partial charge is 0.226 e. The molecule has 194 valence electrons. The molecule has 1 aliphatic rings. The van der Waals surface area contributed by atoms with Crippen LogP contribution in [-0.4, -0.2) is 39.1 Å². The van der Waals surface area contributed by atoms with Gasteiger partial charge in [-0.05, 0) is 74.1 Å².